The predicted octanol–water partition coefficient (Wildman–Crippen LogP) is 2.01. The zero-order valence-electron chi connectivity index (χ0n) is 10.7. The van der Waals surface area contributed by atoms with Crippen LogP contribution in [-0.4, -0.2) is 18.2 Å². The standard InChI is InChI=1S/C11H12BrFN4O2S/c1-6-3-11(17(2)15-6)16-20(18,19)10-5-9(14)7(12)4-8(10)13/h3-5,16H,14H2,1-2H3. The Hall–Kier alpha value is -1.61. The number of hydrogen-bond donors (Lipinski definition) is 2. The third-order valence-corrected chi connectivity index (χ3v) is 4.64. The summed E-state index contributed by atoms with van der Waals surface area (Å²) >= 11 is 3.03. The molecule has 0 fully saturated rings. The van der Waals surface area contributed by atoms with Gasteiger partial charge in [-0.05, 0) is 35.0 Å². The van der Waals surface area contributed by atoms with Gasteiger partial charge < -0.3 is 5.73 Å². The molecule has 2 aromatic rings. The summed E-state index contributed by atoms with van der Waals surface area (Å²) in [6.07, 6.45) is 0. The number of aryl methyl sites for hydroxylation is 2. The number of benzene rings is 1. The van der Waals surface area contributed by atoms with Crippen molar-refractivity contribution in [2.75, 3.05) is 10.5 Å². The van der Waals surface area contributed by atoms with Gasteiger partial charge in [-0.3, -0.25) is 9.40 Å². The van der Waals surface area contributed by atoms with Crippen molar-refractivity contribution < 1.29 is 12.8 Å². The topological polar surface area (TPSA) is 90.0 Å². The second kappa shape index (κ2) is 5.06. The Labute approximate surface area is 124 Å². The number of anilines is 2. The van der Waals surface area contributed by atoms with Gasteiger partial charge in [0.25, 0.3) is 10.0 Å². The molecule has 0 amide bonds. The highest BCUT2D eigenvalue weighted by atomic mass is 79.9. The lowest BCUT2D eigenvalue weighted by Crippen LogP contribution is -2.17. The Kier molecular flexibility index (Phi) is 3.74. The molecule has 0 saturated carbocycles. The fourth-order valence-electron chi connectivity index (χ4n) is 1.65. The molecule has 0 aliphatic heterocycles. The quantitative estimate of drug-likeness (QED) is 0.817. The molecule has 0 atom stereocenters. The predicted molar refractivity (Wildman–Crippen MR) is 77.3 cm³/mol. The molecule has 3 N–H and O–H groups in total. The van der Waals surface area contributed by atoms with E-state index in [-0.39, 0.29) is 11.5 Å². The van der Waals surface area contributed by atoms with Crippen molar-refractivity contribution in [3.63, 3.8) is 0 Å². The van der Waals surface area contributed by atoms with Crippen molar-refractivity contribution in [1.82, 2.24) is 9.78 Å². The minimum atomic E-state index is -4.08. The van der Waals surface area contributed by atoms with E-state index in [0.717, 1.165) is 12.1 Å². The number of rotatable bonds is 3. The molecule has 0 aliphatic carbocycles. The van der Waals surface area contributed by atoms with Gasteiger partial charge >= 0.3 is 0 Å². The zero-order chi connectivity index (χ0) is 15.1. The first-order chi connectivity index (χ1) is 9.20. The van der Waals surface area contributed by atoms with Crippen molar-refractivity contribution in [2.24, 2.45) is 7.05 Å². The van der Waals surface area contributed by atoms with Crippen LogP contribution in [0.4, 0.5) is 15.9 Å². The van der Waals surface area contributed by atoms with Crippen molar-refractivity contribution >= 4 is 37.5 Å². The van der Waals surface area contributed by atoms with Crippen molar-refractivity contribution in [2.45, 2.75) is 11.8 Å². The average molecular weight is 363 g/mol. The first kappa shape index (κ1) is 14.8. The van der Waals surface area contributed by atoms with Crippen LogP contribution >= 0.6 is 15.9 Å². The maximum Gasteiger partial charge on any atom is 0.266 e. The number of hydrogen-bond acceptors (Lipinski definition) is 4. The van der Waals surface area contributed by atoms with E-state index in [1.54, 1.807) is 14.0 Å². The molecule has 9 heteroatoms. The first-order valence-electron chi connectivity index (χ1n) is 5.48. The molecule has 1 aromatic carbocycles. The maximum atomic E-state index is 13.8. The lowest BCUT2D eigenvalue weighted by Gasteiger charge is -2.10. The molecular formula is C11H12BrFN4O2S. The highest BCUT2D eigenvalue weighted by Crippen LogP contribution is 2.27. The van der Waals surface area contributed by atoms with Crippen LogP contribution in [0.25, 0.3) is 0 Å². The fraction of sp³-hybridized carbons (Fsp3) is 0.182. The van der Waals surface area contributed by atoms with Gasteiger partial charge in [0.1, 0.15) is 16.5 Å². The van der Waals surface area contributed by atoms with Crippen LogP contribution in [0, 0.1) is 12.7 Å². The molecule has 0 radical (unpaired) electrons. The van der Waals surface area contributed by atoms with Gasteiger partial charge in [0.15, 0.2) is 0 Å². The Morgan fingerprint density at radius 1 is 1.40 bits per heavy atom. The lowest BCUT2D eigenvalue weighted by molar-refractivity contribution is 0.569. The molecule has 20 heavy (non-hydrogen) atoms. The molecule has 108 valence electrons. The highest BCUT2D eigenvalue weighted by molar-refractivity contribution is 9.10. The number of nitrogens with two attached hydrogens (primary N) is 1. The molecule has 0 bridgehead atoms. The van der Waals surface area contributed by atoms with Gasteiger partial charge in [-0.25, -0.2) is 12.8 Å². The summed E-state index contributed by atoms with van der Waals surface area (Å²) in [6, 6.07) is 3.61. The lowest BCUT2D eigenvalue weighted by atomic mass is 10.3. The van der Waals surface area contributed by atoms with Gasteiger partial charge in [-0.15, -0.1) is 0 Å². The Morgan fingerprint density at radius 2 is 2.05 bits per heavy atom. The molecule has 1 aromatic heterocycles. The Bertz CT molecular complexity index is 773. The largest absolute Gasteiger partial charge is 0.398 e. The summed E-state index contributed by atoms with van der Waals surface area (Å²) in [4.78, 5) is -0.517. The average Bonchev–Trinajstić information content (AvgIpc) is 2.61. The van der Waals surface area contributed by atoms with Gasteiger partial charge in [0.2, 0.25) is 0 Å². The SMILES string of the molecule is Cc1cc(NS(=O)(=O)c2cc(N)c(Br)cc2F)n(C)n1. The van der Waals surface area contributed by atoms with Gasteiger partial charge in [0.05, 0.1) is 5.69 Å². The fourth-order valence-corrected chi connectivity index (χ4v) is 3.14. The van der Waals surface area contributed by atoms with Crippen LogP contribution in [0.2, 0.25) is 0 Å². The van der Waals surface area contributed by atoms with E-state index in [9.17, 15) is 12.8 Å². The van der Waals surface area contributed by atoms with Crippen molar-refractivity contribution in [3.8, 4) is 0 Å². The van der Waals surface area contributed by atoms with Crippen LogP contribution < -0.4 is 10.5 Å². The number of nitrogens with zero attached hydrogens (tertiary/aromatic N) is 2. The monoisotopic (exact) mass is 362 g/mol. The van der Waals surface area contributed by atoms with Crippen molar-refractivity contribution in [1.29, 1.82) is 0 Å². The van der Waals surface area contributed by atoms with E-state index in [0.29, 0.717) is 10.2 Å². The summed E-state index contributed by atoms with van der Waals surface area (Å²) in [5.41, 5.74) is 6.36. The Morgan fingerprint density at radius 3 is 2.60 bits per heavy atom. The van der Waals surface area contributed by atoms with Crippen LogP contribution in [-0.2, 0) is 17.1 Å². The molecule has 0 spiro atoms. The van der Waals surface area contributed by atoms with E-state index in [1.807, 2.05) is 0 Å². The normalized spacial score (nSPS) is 11.6. The molecule has 6 nitrogen and oxygen atoms in total. The third kappa shape index (κ3) is 2.78. The van der Waals surface area contributed by atoms with Crippen LogP contribution in [0.5, 0.6) is 0 Å². The van der Waals surface area contributed by atoms with E-state index in [4.69, 9.17) is 5.73 Å². The second-order valence-electron chi connectivity index (χ2n) is 4.20. The number of halogens is 2. The summed E-state index contributed by atoms with van der Waals surface area (Å²) in [5, 5.41) is 4.01. The van der Waals surface area contributed by atoms with Crippen LogP contribution in [0.3, 0.4) is 0 Å². The van der Waals surface area contributed by atoms with Crippen LogP contribution in [0.1, 0.15) is 5.69 Å². The zero-order valence-corrected chi connectivity index (χ0v) is 13.1. The van der Waals surface area contributed by atoms with Gasteiger partial charge in [-0.2, -0.15) is 5.10 Å². The molecule has 1 heterocycles. The highest BCUT2D eigenvalue weighted by Gasteiger charge is 2.22. The van der Waals surface area contributed by atoms with E-state index < -0.39 is 20.7 Å². The summed E-state index contributed by atoms with van der Waals surface area (Å²) in [6.45, 7) is 1.72. The molecule has 0 saturated heterocycles. The third-order valence-electron chi connectivity index (χ3n) is 2.58. The maximum absolute atomic E-state index is 13.8. The minimum absolute atomic E-state index is 0.132. The molecule has 0 aliphatic rings. The van der Waals surface area contributed by atoms with Crippen molar-refractivity contribution in [3.05, 3.63) is 34.2 Å². The smallest absolute Gasteiger partial charge is 0.266 e. The number of sulfonamides is 1. The first-order valence-corrected chi connectivity index (χ1v) is 7.76. The Balaban J connectivity index is 2.46. The van der Waals surface area contributed by atoms with E-state index >= 15 is 0 Å². The van der Waals surface area contributed by atoms with E-state index in [2.05, 4.69) is 25.8 Å². The van der Waals surface area contributed by atoms with Gasteiger partial charge in [-0.1, -0.05) is 0 Å². The molecule has 2 rings (SSSR count). The molecular weight excluding hydrogens is 351 g/mol. The second-order valence-corrected chi connectivity index (χ2v) is 6.71. The van der Waals surface area contributed by atoms with Crippen LogP contribution in [0.15, 0.2) is 27.6 Å². The number of aromatic nitrogens is 2. The molecule has 0 unspecified atom stereocenters. The number of nitrogen functional groups attached to an aromatic ring is 1. The minimum Gasteiger partial charge on any atom is -0.398 e. The van der Waals surface area contributed by atoms with E-state index in [1.165, 1.54) is 10.7 Å². The summed E-state index contributed by atoms with van der Waals surface area (Å²) in [7, 11) is -2.50. The summed E-state index contributed by atoms with van der Waals surface area (Å²) < 4.78 is 42.1. The summed E-state index contributed by atoms with van der Waals surface area (Å²) in [5.74, 6) is -0.652. The van der Waals surface area contributed by atoms with Gasteiger partial charge in [0, 0.05) is 23.3 Å². The number of nitrogens with one attached hydrogen (secondary N) is 1.